The summed E-state index contributed by atoms with van der Waals surface area (Å²) in [5.74, 6) is 0.712. The smallest absolute Gasteiger partial charge is 0.0930 e. The molecule has 0 aliphatic carbocycles. The van der Waals surface area contributed by atoms with E-state index in [-0.39, 0.29) is 0 Å². The standard InChI is InChI=1S/C8H12BrNS/c1-6(2)3-8-10-5-7(4-9)11-8/h5-6H,3-4H2,1-2H3. The first-order valence-electron chi connectivity index (χ1n) is 3.72. The zero-order valence-electron chi connectivity index (χ0n) is 6.80. The highest BCUT2D eigenvalue weighted by molar-refractivity contribution is 9.08. The van der Waals surface area contributed by atoms with E-state index in [2.05, 4.69) is 34.8 Å². The van der Waals surface area contributed by atoms with Crippen molar-refractivity contribution in [3.05, 3.63) is 16.1 Å². The lowest BCUT2D eigenvalue weighted by atomic mass is 10.1. The lowest BCUT2D eigenvalue weighted by Crippen LogP contribution is -1.91. The highest BCUT2D eigenvalue weighted by Gasteiger charge is 2.02. The third-order valence-electron chi connectivity index (χ3n) is 1.32. The van der Waals surface area contributed by atoms with Gasteiger partial charge in [0, 0.05) is 22.8 Å². The van der Waals surface area contributed by atoms with Gasteiger partial charge in [0.15, 0.2) is 0 Å². The van der Waals surface area contributed by atoms with Gasteiger partial charge in [0.25, 0.3) is 0 Å². The maximum absolute atomic E-state index is 4.32. The molecular formula is C8H12BrNS. The molecule has 0 aliphatic rings. The third-order valence-corrected chi connectivity index (χ3v) is 3.31. The van der Waals surface area contributed by atoms with Gasteiger partial charge in [0.2, 0.25) is 0 Å². The zero-order chi connectivity index (χ0) is 8.27. The Morgan fingerprint density at radius 1 is 1.64 bits per heavy atom. The van der Waals surface area contributed by atoms with Crippen LogP contribution in [0.2, 0.25) is 0 Å². The summed E-state index contributed by atoms with van der Waals surface area (Å²) < 4.78 is 0. The Balaban J connectivity index is 2.58. The first-order chi connectivity index (χ1) is 5.22. The quantitative estimate of drug-likeness (QED) is 0.731. The number of rotatable bonds is 3. The molecule has 0 amide bonds. The molecule has 3 heteroatoms. The molecule has 11 heavy (non-hydrogen) atoms. The maximum atomic E-state index is 4.32. The van der Waals surface area contributed by atoms with E-state index in [1.54, 1.807) is 11.3 Å². The average Bonchev–Trinajstić information content (AvgIpc) is 2.34. The van der Waals surface area contributed by atoms with E-state index in [4.69, 9.17) is 0 Å². The summed E-state index contributed by atoms with van der Waals surface area (Å²) in [6.45, 7) is 4.43. The molecule has 0 spiro atoms. The largest absolute Gasteiger partial charge is 0.249 e. The molecule has 0 fully saturated rings. The summed E-state index contributed by atoms with van der Waals surface area (Å²) in [5, 5.41) is 2.19. The van der Waals surface area contributed by atoms with Crippen molar-refractivity contribution in [2.45, 2.75) is 25.6 Å². The normalized spacial score (nSPS) is 10.9. The van der Waals surface area contributed by atoms with Crippen molar-refractivity contribution in [1.82, 2.24) is 4.98 Å². The second-order valence-electron chi connectivity index (χ2n) is 2.95. The van der Waals surface area contributed by atoms with Crippen molar-refractivity contribution in [3.63, 3.8) is 0 Å². The lowest BCUT2D eigenvalue weighted by molar-refractivity contribution is 0.644. The number of hydrogen-bond acceptors (Lipinski definition) is 2. The van der Waals surface area contributed by atoms with Crippen LogP contribution in [0.5, 0.6) is 0 Å². The van der Waals surface area contributed by atoms with Gasteiger partial charge < -0.3 is 0 Å². The third kappa shape index (κ3) is 2.91. The molecule has 1 aromatic rings. The van der Waals surface area contributed by atoms with Crippen molar-refractivity contribution in [2.75, 3.05) is 0 Å². The number of aromatic nitrogens is 1. The Bertz CT molecular complexity index is 220. The first kappa shape index (κ1) is 9.20. The van der Waals surface area contributed by atoms with Crippen molar-refractivity contribution in [1.29, 1.82) is 0 Å². The number of halogens is 1. The Morgan fingerprint density at radius 2 is 2.36 bits per heavy atom. The number of thiazole rings is 1. The number of alkyl halides is 1. The van der Waals surface area contributed by atoms with E-state index in [9.17, 15) is 0 Å². The summed E-state index contributed by atoms with van der Waals surface area (Å²) in [7, 11) is 0. The van der Waals surface area contributed by atoms with Gasteiger partial charge in [-0.15, -0.1) is 11.3 Å². The summed E-state index contributed by atoms with van der Waals surface area (Å²) >= 11 is 5.21. The van der Waals surface area contributed by atoms with Crippen LogP contribution in [-0.2, 0) is 11.8 Å². The van der Waals surface area contributed by atoms with E-state index in [0.29, 0.717) is 5.92 Å². The molecule has 0 aliphatic heterocycles. The molecule has 0 saturated carbocycles. The van der Waals surface area contributed by atoms with Crippen LogP contribution in [0.15, 0.2) is 6.20 Å². The summed E-state index contributed by atoms with van der Waals surface area (Å²) in [4.78, 5) is 5.64. The highest BCUT2D eigenvalue weighted by Crippen LogP contribution is 2.18. The number of nitrogens with zero attached hydrogens (tertiary/aromatic N) is 1. The van der Waals surface area contributed by atoms with Crippen LogP contribution in [0.3, 0.4) is 0 Å². The van der Waals surface area contributed by atoms with Gasteiger partial charge in [-0.3, -0.25) is 0 Å². The molecule has 0 saturated heterocycles. The average molecular weight is 234 g/mol. The first-order valence-corrected chi connectivity index (χ1v) is 5.65. The van der Waals surface area contributed by atoms with Crippen LogP contribution in [0.25, 0.3) is 0 Å². The minimum Gasteiger partial charge on any atom is -0.249 e. The van der Waals surface area contributed by atoms with Gasteiger partial charge in [0.1, 0.15) is 0 Å². The molecule has 62 valence electrons. The zero-order valence-corrected chi connectivity index (χ0v) is 9.20. The lowest BCUT2D eigenvalue weighted by Gasteiger charge is -1.97. The Labute approximate surface area is 80.0 Å². The van der Waals surface area contributed by atoms with E-state index >= 15 is 0 Å². The predicted molar refractivity (Wildman–Crippen MR) is 53.3 cm³/mol. The van der Waals surface area contributed by atoms with E-state index in [0.717, 1.165) is 11.8 Å². The molecule has 0 bridgehead atoms. The molecule has 0 radical (unpaired) electrons. The minimum atomic E-state index is 0.712. The van der Waals surface area contributed by atoms with Gasteiger partial charge in [-0.25, -0.2) is 4.98 Å². The maximum Gasteiger partial charge on any atom is 0.0930 e. The fraction of sp³-hybridized carbons (Fsp3) is 0.625. The van der Waals surface area contributed by atoms with Gasteiger partial charge in [0.05, 0.1) is 5.01 Å². The van der Waals surface area contributed by atoms with Crippen LogP contribution in [0.1, 0.15) is 23.7 Å². The van der Waals surface area contributed by atoms with Crippen LogP contribution >= 0.6 is 27.3 Å². The topological polar surface area (TPSA) is 12.9 Å². The second kappa shape index (κ2) is 4.21. The summed E-state index contributed by atoms with van der Waals surface area (Å²) in [6.07, 6.45) is 3.06. The fourth-order valence-corrected chi connectivity index (χ4v) is 2.33. The Morgan fingerprint density at radius 3 is 2.82 bits per heavy atom. The van der Waals surface area contributed by atoms with Gasteiger partial charge >= 0.3 is 0 Å². The van der Waals surface area contributed by atoms with Gasteiger partial charge in [-0.1, -0.05) is 29.8 Å². The molecular weight excluding hydrogens is 222 g/mol. The highest BCUT2D eigenvalue weighted by atomic mass is 79.9. The molecule has 0 atom stereocenters. The van der Waals surface area contributed by atoms with E-state index < -0.39 is 0 Å². The van der Waals surface area contributed by atoms with Crippen molar-refractivity contribution >= 4 is 27.3 Å². The molecule has 1 nitrogen and oxygen atoms in total. The number of hydrogen-bond donors (Lipinski definition) is 0. The second-order valence-corrected chi connectivity index (χ2v) is 4.71. The van der Waals surface area contributed by atoms with Crippen molar-refractivity contribution in [3.8, 4) is 0 Å². The molecule has 1 aromatic heterocycles. The van der Waals surface area contributed by atoms with Crippen molar-refractivity contribution in [2.24, 2.45) is 5.92 Å². The molecule has 0 unspecified atom stereocenters. The molecule has 1 rings (SSSR count). The van der Waals surface area contributed by atoms with Gasteiger partial charge in [-0.05, 0) is 5.92 Å². The fourth-order valence-electron chi connectivity index (χ4n) is 0.853. The molecule has 0 aromatic carbocycles. The minimum absolute atomic E-state index is 0.712. The summed E-state index contributed by atoms with van der Waals surface area (Å²) in [5.41, 5.74) is 0. The monoisotopic (exact) mass is 233 g/mol. The van der Waals surface area contributed by atoms with E-state index in [1.165, 1.54) is 9.88 Å². The predicted octanol–water partition coefficient (Wildman–Crippen LogP) is 3.24. The molecule has 0 N–H and O–H groups in total. The SMILES string of the molecule is CC(C)Cc1ncc(CBr)s1. The van der Waals surface area contributed by atoms with Crippen LogP contribution in [0, 0.1) is 5.92 Å². The van der Waals surface area contributed by atoms with Gasteiger partial charge in [-0.2, -0.15) is 0 Å². The Kier molecular flexibility index (Phi) is 3.52. The Hall–Kier alpha value is 0.110. The molecule has 1 heterocycles. The van der Waals surface area contributed by atoms with Crippen LogP contribution in [0.4, 0.5) is 0 Å². The van der Waals surface area contributed by atoms with E-state index in [1.807, 2.05) is 6.20 Å². The van der Waals surface area contributed by atoms with Crippen LogP contribution in [-0.4, -0.2) is 4.98 Å². The summed E-state index contributed by atoms with van der Waals surface area (Å²) in [6, 6.07) is 0. The van der Waals surface area contributed by atoms with Crippen molar-refractivity contribution < 1.29 is 0 Å². The van der Waals surface area contributed by atoms with Crippen LogP contribution < -0.4 is 0 Å².